The van der Waals surface area contributed by atoms with Crippen LogP contribution in [0.1, 0.15) is 31.2 Å². The van der Waals surface area contributed by atoms with Gasteiger partial charge in [-0.2, -0.15) is 0 Å². The molecule has 0 radical (unpaired) electrons. The van der Waals surface area contributed by atoms with Gasteiger partial charge < -0.3 is 14.4 Å². The molecule has 1 aliphatic carbocycles. The maximum atomic E-state index is 13.2. The summed E-state index contributed by atoms with van der Waals surface area (Å²) in [5, 5.41) is 0. The Bertz CT molecular complexity index is 755. The van der Waals surface area contributed by atoms with Gasteiger partial charge in [-0.3, -0.25) is 9.59 Å². The van der Waals surface area contributed by atoms with Crippen molar-refractivity contribution in [2.45, 2.75) is 50.0 Å². The summed E-state index contributed by atoms with van der Waals surface area (Å²) < 4.78 is 11.7. The Kier molecular flexibility index (Phi) is 3.67. The minimum atomic E-state index is -0.624. The van der Waals surface area contributed by atoms with E-state index >= 15 is 0 Å². The first-order valence-electron chi connectivity index (χ1n) is 9.56. The minimum Gasteiger partial charge on any atom is -0.460 e. The van der Waals surface area contributed by atoms with E-state index in [0.29, 0.717) is 12.6 Å². The van der Waals surface area contributed by atoms with E-state index in [9.17, 15) is 9.59 Å². The van der Waals surface area contributed by atoms with Crippen molar-refractivity contribution in [1.82, 2.24) is 4.90 Å². The summed E-state index contributed by atoms with van der Waals surface area (Å²) in [4.78, 5) is 27.9. The lowest BCUT2D eigenvalue weighted by atomic mass is 9.77. The highest BCUT2D eigenvalue weighted by Crippen LogP contribution is 2.53. The molecule has 1 saturated carbocycles. The highest BCUT2D eigenvalue weighted by molar-refractivity contribution is 5.91. The zero-order valence-electron chi connectivity index (χ0n) is 14.7. The summed E-state index contributed by atoms with van der Waals surface area (Å²) in [5.74, 6) is -1.20. The van der Waals surface area contributed by atoms with Crippen LogP contribution in [0.4, 0.5) is 0 Å². The molecule has 5 rings (SSSR count). The maximum absolute atomic E-state index is 13.2. The predicted molar refractivity (Wildman–Crippen MR) is 93.9 cm³/mol. The number of carbonyl (C=O) groups is 2. The lowest BCUT2D eigenvalue weighted by Gasteiger charge is -2.26. The van der Waals surface area contributed by atoms with Crippen molar-refractivity contribution in [1.29, 1.82) is 0 Å². The summed E-state index contributed by atoms with van der Waals surface area (Å²) >= 11 is 0. The molecule has 1 aromatic rings. The van der Waals surface area contributed by atoms with Crippen LogP contribution in [0.3, 0.4) is 0 Å². The average Bonchev–Trinajstić information content (AvgIpc) is 3.42. The third-order valence-corrected chi connectivity index (χ3v) is 6.39. The van der Waals surface area contributed by atoms with Crippen LogP contribution in [0.5, 0.6) is 0 Å². The van der Waals surface area contributed by atoms with Gasteiger partial charge in [-0.25, -0.2) is 0 Å². The highest BCUT2D eigenvalue weighted by Gasteiger charge is 2.67. The van der Waals surface area contributed by atoms with Crippen LogP contribution in [0, 0.1) is 11.8 Å². The van der Waals surface area contributed by atoms with Crippen LogP contribution in [0.2, 0.25) is 0 Å². The fourth-order valence-corrected chi connectivity index (χ4v) is 5.15. The molecule has 1 aromatic carbocycles. The Hall–Kier alpha value is -2.14. The number of amides is 1. The zero-order chi connectivity index (χ0) is 17.7. The van der Waals surface area contributed by atoms with Crippen LogP contribution in [0.15, 0.2) is 42.5 Å². The molecule has 5 nitrogen and oxygen atoms in total. The molecule has 0 aromatic heterocycles. The molecule has 1 spiro atoms. The Morgan fingerprint density at radius 2 is 2.00 bits per heavy atom. The second-order valence-electron chi connectivity index (χ2n) is 7.90. The SMILES string of the molecule is O=C(OCc1ccccc1)C1[C@H]2C(=O)N(C3CCCC3)C[C@]23C=C[C@H]1O3. The summed E-state index contributed by atoms with van der Waals surface area (Å²) in [6.45, 7) is 0.809. The number of hydrogen-bond donors (Lipinski definition) is 0. The van der Waals surface area contributed by atoms with E-state index in [1.807, 2.05) is 47.4 Å². The Morgan fingerprint density at radius 3 is 2.77 bits per heavy atom. The maximum Gasteiger partial charge on any atom is 0.313 e. The van der Waals surface area contributed by atoms with E-state index in [2.05, 4.69) is 0 Å². The predicted octanol–water partition coefficient (Wildman–Crippen LogP) is 2.45. The number of benzene rings is 1. The largest absolute Gasteiger partial charge is 0.460 e. The molecule has 3 heterocycles. The lowest BCUT2D eigenvalue weighted by molar-refractivity contribution is -0.155. The molecule has 4 aliphatic rings. The quantitative estimate of drug-likeness (QED) is 0.616. The molecule has 2 bridgehead atoms. The second-order valence-corrected chi connectivity index (χ2v) is 7.90. The molecule has 136 valence electrons. The third kappa shape index (κ3) is 2.33. The number of carbonyl (C=O) groups excluding carboxylic acids is 2. The van der Waals surface area contributed by atoms with Crippen molar-refractivity contribution in [2.24, 2.45) is 11.8 Å². The van der Waals surface area contributed by atoms with Gasteiger partial charge in [0.25, 0.3) is 0 Å². The molecule has 3 aliphatic heterocycles. The lowest BCUT2D eigenvalue weighted by Crippen LogP contribution is -2.41. The number of nitrogens with zero attached hydrogens (tertiary/aromatic N) is 1. The topological polar surface area (TPSA) is 55.8 Å². The van der Waals surface area contributed by atoms with Gasteiger partial charge in [0.2, 0.25) is 5.91 Å². The summed E-state index contributed by atoms with van der Waals surface area (Å²) in [7, 11) is 0. The van der Waals surface area contributed by atoms with E-state index < -0.39 is 17.4 Å². The summed E-state index contributed by atoms with van der Waals surface area (Å²) in [5.41, 5.74) is 0.321. The molecule has 1 amide bonds. The van der Waals surface area contributed by atoms with E-state index in [1.54, 1.807) is 0 Å². The van der Waals surface area contributed by atoms with E-state index in [1.165, 1.54) is 12.8 Å². The Morgan fingerprint density at radius 1 is 1.23 bits per heavy atom. The minimum absolute atomic E-state index is 0.0745. The fraction of sp³-hybridized carbons (Fsp3) is 0.524. The van der Waals surface area contributed by atoms with Crippen molar-refractivity contribution >= 4 is 11.9 Å². The fourth-order valence-electron chi connectivity index (χ4n) is 5.15. The molecule has 2 saturated heterocycles. The monoisotopic (exact) mass is 353 g/mol. The molecule has 0 N–H and O–H groups in total. The number of fused-ring (bicyclic) bond motifs is 1. The number of rotatable bonds is 4. The molecule has 26 heavy (non-hydrogen) atoms. The molecular formula is C21H23NO4. The van der Waals surface area contributed by atoms with Crippen LogP contribution in [-0.4, -0.2) is 41.1 Å². The summed E-state index contributed by atoms with van der Waals surface area (Å²) in [6, 6.07) is 9.92. The van der Waals surface area contributed by atoms with Gasteiger partial charge in [0.05, 0.1) is 18.6 Å². The van der Waals surface area contributed by atoms with Crippen molar-refractivity contribution in [3.05, 3.63) is 48.0 Å². The Balaban J connectivity index is 1.34. The van der Waals surface area contributed by atoms with Gasteiger partial charge in [0.1, 0.15) is 18.1 Å². The first-order chi connectivity index (χ1) is 12.7. The van der Waals surface area contributed by atoms with Crippen molar-refractivity contribution < 1.29 is 19.1 Å². The van der Waals surface area contributed by atoms with Gasteiger partial charge in [0.15, 0.2) is 0 Å². The standard InChI is InChI=1S/C21H23NO4/c23-19-18-17(20(24)25-12-14-6-2-1-3-7-14)16-10-11-21(18,26-16)13-22(19)15-8-4-5-9-15/h1-3,6-7,10-11,15-18H,4-5,8-9,12-13H2/t16-,17?,18+,21-/m1/s1. The van der Waals surface area contributed by atoms with Crippen LogP contribution in [0.25, 0.3) is 0 Å². The van der Waals surface area contributed by atoms with E-state index in [0.717, 1.165) is 18.4 Å². The van der Waals surface area contributed by atoms with Gasteiger partial charge in [-0.05, 0) is 18.4 Å². The van der Waals surface area contributed by atoms with Crippen LogP contribution in [-0.2, 0) is 25.7 Å². The molecule has 1 unspecified atom stereocenters. The normalized spacial score (nSPS) is 35.3. The number of esters is 1. The zero-order valence-corrected chi connectivity index (χ0v) is 14.7. The molecule has 3 fully saturated rings. The second kappa shape index (κ2) is 5.95. The number of likely N-dealkylation sites (tertiary alicyclic amines) is 1. The van der Waals surface area contributed by atoms with Crippen molar-refractivity contribution in [2.75, 3.05) is 6.54 Å². The van der Waals surface area contributed by atoms with E-state index in [-0.39, 0.29) is 24.6 Å². The first kappa shape index (κ1) is 16.1. The van der Waals surface area contributed by atoms with Gasteiger partial charge in [-0.1, -0.05) is 55.3 Å². The third-order valence-electron chi connectivity index (χ3n) is 6.39. The van der Waals surface area contributed by atoms with Gasteiger partial charge >= 0.3 is 5.97 Å². The average molecular weight is 353 g/mol. The molecule has 5 heteroatoms. The Labute approximate surface area is 153 Å². The number of hydrogen-bond acceptors (Lipinski definition) is 4. The van der Waals surface area contributed by atoms with Crippen molar-refractivity contribution in [3.8, 4) is 0 Å². The van der Waals surface area contributed by atoms with E-state index in [4.69, 9.17) is 9.47 Å². The summed E-state index contributed by atoms with van der Waals surface area (Å²) in [6.07, 6.45) is 8.09. The first-order valence-corrected chi connectivity index (χ1v) is 9.56. The van der Waals surface area contributed by atoms with Gasteiger partial charge in [-0.15, -0.1) is 0 Å². The number of ether oxygens (including phenoxy) is 2. The smallest absolute Gasteiger partial charge is 0.313 e. The van der Waals surface area contributed by atoms with Crippen molar-refractivity contribution in [3.63, 3.8) is 0 Å². The van der Waals surface area contributed by atoms with Crippen LogP contribution >= 0.6 is 0 Å². The molecule has 4 atom stereocenters. The highest BCUT2D eigenvalue weighted by atomic mass is 16.6. The van der Waals surface area contributed by atoms with Gasteiger partial charge in [0, 0.05) is 6.04 Å². The molecular weight excluding hydrogens is 330 g/mol. The van der Waals surface area contributed by atoms with Crippen LogP contribution < -0.4 is 0 Å².